The SMILES string of the molecule is Cc1c(Cl)cccc1NCC(=O)N/N=C\c1ccc2ccccc2c1. The number of amides is 1. The van der Waals surface area contributed by atoms with Crippen LogP contribution in [0.2, 0.25) is 5.02 Å². The van der Waals surface area contributed by atoms with Gasteiger partial charge in [0.05, 0.1) is 12.8 Å². The summed E-state index contributed by atoms with van der Waals surface area (Å²) in [7, 11) is 0. The van der Waals surface area contributed by atoms with E-state index in [1.54, 1.807) is 6.21 Å². The van der Waals surface area contributed by atoms with Crippen LogP contribution in [0.5, 0.6) is 0 Å². The Balaban J connectivity index is 1.56. The summed E-state index contributed by atoms with van der Waals surface area (Å²) in [4.78, 5) is 11.9. The molecule has 0 fully saturated rings. The summed E-state index contributed by atoms with van der Waals surface area (Å²) in [5, 5.41) is 10.0. The van der Waals surface area contributed by atoms with Crippen LogP contribution in [0, 0.1) is 6.92 Å². The lowest BCUT2D eigenvalue weighted by atomic mass is 10.1. The predicted octanol–water partition coefficient (Wildman–Crippen LogP) is 4.36. The Labute approximate surface area is 151 Å². The second-order valence-electron chi connectivity index (χ2n) is 5.67. The van der Waals surface area contributed by atoms with Crippen molar-refractivity contribution in [2.75, 3.05) is 11.9 Å². The van der Waals surface area contributed by atoms with Crippen molar-refractivity contribution < 1.29 is 4.79 Å². The van der Waals surface area contributed by atoms with Crippen LogP contribution in [0.1, 0.15) is 11.1 Å². The first kappa shape index (κ1) is 17.0. The van der Waals surface area contributed by atoms with Gasteiger partial charge in [0.25, 0.3) is 5.91 Å². The van der Waals surface area contributed by atoms with E-state index in [0.29, 0.717) is 5.02 Å². The van der Waals surface area contributed by atoms with Gasteiger partial charge in [0.2, 0.25) is 0 Å². The molecule has 4 nitrogen and oxygen atoms in total. The number of carbonyl (C=O) groups is 1. The minimum absolute atomic E-state index is 0.121. The number of benzene rings is 3. The van der Waals surface area contributed by atoms with E-state index in [4.69, 9.17) is 11.6 Å². The van der Waals surface area contributed by atoms with Crippen molar-refractivity contribution in [3.05, 3.63) is 76.8 Å². The lowest BCUT2D eigenvalue weighted by molar-refractivity contribution is -0.119. The summed E-state index contributed by atoms with van der Waals surface area (Å²) in [5.41, 5.74) is 5.19. The first-order chi connectivity index (χ1) is 12.1. The maximum atomic E-state index is 11.9. The third-order valence-corrected chi connectivity index (χ3v) is 4.29. The zero-order chi connectivity index (χ0) is 17.6. The molecule has 3 aromatic carbocycles. The summed E-state index contributed by atoms with van der Waals surface area (Å²) in [6.45, 7) is 2.02. The van der Waals surface area contributed by atoms with Crippen molar-refractivity contribution in [2.45, 2.75) is 6.92 Å². The lowest BCUT2D eigenvalue weighted by Crippen LogP contribution is -2.26. The quantitative estimate of drug-likeness (QED) is 0.530. The number of rotatable bonds is 5. The molecule has 0 aliphatic rings. The van der Waals surface area contributed by atoms with Crippen LogP contribution < -0.4 is 10.7 Å². The predicted molar refractivity (Wildman–Crippen MR) is 104 cm³/mol. The summed E-state index contributed by atoms with van der Waals surface area (Å²) in [6.07, 6.45) is 1.63. The molecule has 0 saturated carbocycles. The van der Waals surface area contributed by atoms with Crippen molar-refractivity contribution >= 4 is 40.2 Å². The Hall–Kier alpha value is -2.85. The summed E-state index contributed by atoms with van der Waals surface area (Å²) in [6, 6.07) is 19.7. The number of nitrogens with one attached hydrogen (secondary N) is 2. The molecule has 0 atom stereocenters. The molecule has 2 N–H and O–H groups in total. The minimum atomic E-state index is -0.226. The molecule has 0 bridgehead atoms. The number of halogens is 1. The third kappa shape index (κ3) is 4.37. The van der Waals surface area contributed by atoms with Gasteiger partial charge in [-0.1, -0.05) is 54.1 Å². The van der Waals surface area contributed by atoms with Gasteiger partial charge in [-0.15, -0.1) is 0 Å². The average Bonchev–Trinajstić information content (AvgIpc) is 2.63. The standard InChI is InChI=1S/C20H18ClN3O/c1-14-18(21)7-4-8-19(14)22-13-20(25)24-23-12-15-9-10-16-5-2-3-6-17(16)11-15/h2-12,22H,13H2,1H3,(H,24,25)/b23-12-. The van der Waals surface area contributed by atoms with Crippen LogP contribution in [-0.2, 0) is 4.79 Å². The molecular formula is C20H18ClN3O. The van der Waals surface area contributed by atoms with Gasteiger partial charge in [-0.05, 0) is 47.0 Å². The van der Waals surface area contributed by atoms with Crippen LogP contribution in [0.3, 0.4) is 0 Å². The van der Waals surface area contributed by atoms with Crippen molar-refractivity contribution in [3.8, 4) is 0 Å². The molecule has 0 unspecified atom stereocenters. The van der Waals surface area contributed by atoms with Gasteiger partial charge in [-0.25, -0.2) is 5.43 Å². The maximum Gasteiger partial charge on any atom is 0.259 e. The molecule has 126 valence electrons. The second-order valence-corrected chi connectivity index (χ2v) is 6.07. The number of hydrogen-bond acceptors (Lipinski definition) is 3. The minimum Gasteiger partial charge on any atom is -0.376 e. The van der Waals surface area contributed by atoms with Gasteiger partial charge in [0.1, 0.15) is 0 Å². The largest absolute Gasteiger partial charge is 0.376 e. The topological polar surface area (TPSA) is 53.5 Å². The molecule has 0 aliphatic carbocycles. The lowest BCUT2D eigenvalue weighted by Gasteiger charge is -2.09. The van der Waals surface area contributed by atoms with E-state index in [9.17, 15) is 4.79 Å². The highest BCUT2D eigenvalue weighted by molar-refractivity contribution is 6.31. The monoisotopic (exact) mass is 351 g/mol. The first-order valence-corrected chi connectivity index (χ1v) is 8.31. The van der Waals surface area contributed by atoms with Crippen molar-refractivity contribution in [3.63, 3.8) is 0 Å². The van der Waals surface area contributed by atoms with E-state index in [2.05, 4.69) is 21.9 Å². The van der Waals surface area contributed by atoms with Crippen molar-refractivity contribution in [2.24, 2.45) is 5.10 Å². The fraction of sp³-hybridized carbons (Fsp3) is 0.100. The first-order valence-electron chi connectivity index (χ1n) is 7.93. The van der Waals surface area contributed by atoms with Crippen LogP contribution in [-0.4, -0.2) is 18.7 Å². The average molecular weight is 352 g/mol. The number of nitrogens with zero attached hydrogens (tertiary/aromatic N) is 1. The van der Waals surface area contributed by atoms with Crippen LogP contribution in [0.4, 0.5) is 5.69 Å². The molecule has 0 aromatic heterocycles. The van der Waals surface area contributed by atoms with Gasteiger partial charge >= 0.3 is 0 Å². The molecule has 0 saturated heterocycles. The Morgan fingerprint density at radius 1 is 1.08 bits per heavy atom. The molecule has 3 rings (SSSR count). The zero-order valence-electron chi connectivity index (χ0n) is 13.8. The van der Waals surface area contributed by atoms with Crippen LogP contribution >= 0.6 is 11.6 Å². The fourth-order valence-corrected chi connectivity index (χ4v) is 2.66. The molecule has 0 radical (unpaired) electrons. The van der Waals surface area contributed by atoms with Gasteiger partial charge < -0.3 is 5.32 Å². The Bertz CT molecular complexity index is 937. The van der Waals surface area contributed by atoms with E-state index in [0.717, 1.165) is 22.2 Å². The Morgan fingerprint density at radius 2 is 1.88 bits per heavy atom. The van der Waals surface area contributed by atoms with E-state index in [1.807, 2.05) is 61.5 Å². The van der Waals surface area contributed by atoms with Gasteiger partial charge in [0.15, 0.2) is 0 Å². The van der Waals surface area contributed by atoms with Crippen molar-refractivity contribution in [1.82, 2.24) is 5.43 Å². The maximum absolute atomic E-state index is 11.9. The third-order valence-electron chi connectivity index (χ3n) is 3.88. The number of carbonyl (C=O) groups excluding carboxylic acids is 1. The second kappa shape index (κ2) is 7.81. The van der Waals surface area contributed by atoms with E-state index >= 15 is 0 Å². The molecule has 0 spiro atoms. The van der Waals surface area contributed by atoms with Crippen LogP contribution in [0.15, 0.2) is 65.8 Å². The van der Waals surface area contributed by atoms with Gasteiger partial charge in [-0.3, -0.25) is 4.79 Å². The Kier molecular flexibility index (Phi) is 5.31. The summed E-state index contributed by atoms with van der Waals surface area (Å²) >= 11 is 6.06. The summed E-state index contributed by atoms with van der Waals surface area (Å²) < 4.78 is 0. The smallest absolute Gasteiger partial charge is 0.259 e. The zero-order valence-corrected chi connectivity index (χ0v) is 14.5. The number of anilines is 1. The molecule has 1 amide bonds. The highest BCUT2D eigenvalue weighted by Crippen LogP contribution is 2.22. The normalized spacial score (nSPS) is 11.0. The fourth-order valence-electron chi connectivity index (χ4n) is 2.48. The van der Waals surface area contributed by atoms with Gasteiger partial charge in [-0.2, -0.15) is 5.10 Å². The van der Waals surface area contributed by atoms with Gasteiger partial charge in [0, 0.05) is 10.7 Å². The Morgan fingerprint density at radius 3 is 2.72 bits per heavy atom. The van der Waals surface area contributed by atoms with E-state index < -0.39 is 0 Å². The summed E-state index contributed by atoms with van der Waals surface area (Å²) in [5.74, 6) is -0.226. The molecule has 5 heteroatoms. The highest BCUT2D eigenvalue weighted by atomic mass is 35.5. The molecule has 0 aliphatic heterocycles. The highest BCUT2D eigenvalue weighted by Gasteiger charge is 2.04. The van der Waals surface area contributed by atoms with E-state index in [1.165, 1.54) is 5.39 Å². The molecule has 25 heavy (non-hydrogen) atoms. The number of hydrazone groups is 1. The van der Waals surface area contributed by atoms with E-state index in [-0.39, 0.29) is 12.5 Å². The molecular weight excluding hydrogens is 334 g/mol. The number of fused-ring (bicyclic) bond motifs is 1. The molecule has 0 heterocycles. The number of hydrogen-bond donors (Lipinski definition) is 2. The van der Waals surface area contributed by atoms with Crippen molar-refractivity contribution in [1.29, 1.82) is 0 Å². The van der Waals surface area contributed by atoms with Crippen LogP contribution in [0.25, 0.3) is 10.8 Å². The molecule has 3 aromatic rings.